The summed E-state index contributed by atoms with van der Waals surface area (Å²) < 4.78 is 11.1. The second kappa shape index (κ2) is 10.2. The molecule has 0 spiro atoms. The largest absolute Gasteiger partial charge is 0.447 e. The number of amides is 2. The lowest BCUT2D eigenvalue weighted by atomic mass is 10.0. The molecule has 2 N–H and O–H groups in total. The Kier molecular flexibility index (Phi) is 7.27. The second-order valence-corrected chi connectivity index (χ2v) is 9.66. The molecule has 0 saturated carbocycles. The fourth-order valence-electron chi connectivity index (χ4n) is 4.33. The molecule has 2 aliphatic rings. The van der Waals surface area contributed by atoms with E-state index < -0.39 is 0 Å². The van der Waals surface area contributed by atoms with Gasteiger partial charge in [-0.25, -0.2) is 4.79 Å². The average Bonchev–Trinajstić information content (AvgIpc) is 3.40. The molecule has 1 aromatic heterocycles. The molecule has 184 valence electrons. The summed E-state index contributed by atoms with van der Waals surface area (Å²) in [4.78, 5) is 27.9. The fraction of sp³-hybridized carbons (Fsp3) is 0.565. The zero-order chi connectivity index (χ0) is 24.4. The van der Waals surface area contributed by atoms with Crippen LogP contribution in [-0.4, -0.2) is 70.3 Å². The molecular weight excluding hydrogens is 460 g/mol. The van der Waals surface area contributed by atoms with Gasteiger partial charge < -0.3 is 24.7 Å². The van der Waals surface area contributed by atoms with Crippen LogP contribution in [0.5, 0.6) is 0 Å². The fourth-order valence-corrected chi connectivity index (χ4v) is 4.57. The third-order valence-corrected chi connectivity index (χ3v) is 6.38. The Hall–Kier alpha value is -2.85. The molecule has 2 saturated heterocycles. The van der Waals surface area contributed by atoms with Crippen molar-refractivity contribution in [2.75, 3.05) is 31.5 Å². The minimum Gasteiger partial charge on any atom is -0.447 e. The highest BCUT2D eigenvalue weighted by molar-refractivity contribution is 6.31. The molecule has 0 bridgehead atoms. The van der Waals surface area contributed by atoms with E-state index in [2.05, 4.69) is 25.7 Å². The monoisotopic (exact) mass is 490 g/mol. The molecule has 10 nitrogen and oxygen atoms in total. The van der Waals surface area contributed by atoms with Crippen molar-refractivity contribution in [1.82, 2.24) is 25.3 Å². The SMILES string of the molecule is Cc1c(CN2CCN(C(=O)OC(C)C)[C@@H](C)C2)cc(Cl)cc1Nc1nnc(C2CNC(=O)C2)o1. The number of hydrogen-bond donors (Lipinski definition) is 2. The van der Waals surface area contributed by atoms with Crippen molar-refractivity contribution in [3.05, 3.63) is 34.2 Å². The van der Waals surface area contributed by atoms with Crippen LogP contribution in [0, 0.1) is 6.92 Å². The maximum absolute atomic E-state index is 12.3. The van der Waals surface area contributed by atoms with Crippen LogP contribution in [0.4, 0.5) is 16.5 Å². The molecular formula is C23H31ClN6O4. The summed E-state index contributed by atoms with van der Waals surface area (Å²) in [6.07, 6.45) is -0.0441. The van der Waals surface area contributed by atoms with Crippen LogP contribution in [0.1, 0.15) is 50.1 Å². The lowest BCUT2D eigenvalue weighted by Crippen LogP contribution is -2.54. The van der Waals surface area contributed by atoms with Crippen molar-refractivity contribution in [2.45, 2.75) is 58.7 Å². The molecule has 2 atom stereocenters. The normalized spacial score (nSPS) is 21.1. The number of nitrogens with zero attached hydrogens (tertiary/aromatic N) is 4. The van der Waals surface area contributed by atoms with Gasteiger partial charge in [-0.3, -0.25) is 9.69 Å². The standard InChI is InChI=1S/C23H31ClN6O4/c1-13(2)33-23(32)30-6-5-29(11-14(30)3)12-17-7-18(24)9-19(15(17)4)26-22-28-27-21(34-22)16-8-20(31)25-10-16/h7,9,13-14,16H,5-6,8,10-12H2,1-4H3,(H,25,31)(H,26,28)/t14-,16?/m0/s1. The van der Waals surface area contributed by atoms with E-state index in [-0.39, 0.29) is 36.1 Å². The minimum atomic E-state index is -0.260. The molecule has 4 rings (SSSR count). The predicted molar refractivity (Wildman–Crippen MR) is 127 cm³/mol. The number of hydrogen-bond acceptors (Lipinski definition) is 8. The van der Waals surface area contributed by atoms with Crippen LogP contribution in [0.3, 0.4) is 0 Å². The van der Waals surface area contributed by atoms with E-state index in [0.717, 1.165) is 29.9 Å². The van der Waals surface area contributed by atoms with Gasteiger partial charge in [0.2, 0.25) is 11.8 Å². The smallest absolute Gasteiger partial charge is 0.410 e. The third kappa shape index (κ3) is 5.61. The van der Waals surface area contributed by atoms with Crippen molar-refractivity contribution in [3.63, 3.8) is 0 Å². The number of benzene rings is 1. The van der Waals surface area contributed by atoms with Gasteiger partial charge in [0.05, 0.1) is 12.0 Å². The second-order valence-electron chi connectivity index (χ2n) is 9.22. The van der Waals surface area contributed by atoms with Crippen LogP contribution in [0.15, 0.2) is 16.5 Å². The zero-order valence-electron chi connectivity index (χ0n) is 19.9. The quantitative estimate of drug-likeness (QED) is 0.633. The van der Waals surface area contributed by atoms with Crippen molar-refractivity contribution in [2.24, 2.45) is 0 Å². The maximum Gasteiger partial charge on any atom is 0.410 e. The number of carbonyl (C=O) groups is 2. The summed E-state index contributed by atoms with van der Waals surface area (Å²) in [6, 6.07) is 4.09. The van der Waals surface area contributed by atoms with Crippen molar-refractivity contribution >= 4 is 35.3 Å². The van der Waals surface area contributed by atoms with Crippen LogP contribution in [0.2, 0.25) is 5.02 Å². The zero-order valence-corrected chi connectivity index (χ0v) is 20.7. The molecule has 34 heavy (non-hydrogen) atoms. The van der Waals surface area contributed by atoms with Gasteiger partial charge in [-0.1, -0.05) is 16.7 Å². The van der Waals surface area contributed by atoms with Crippen LogP contribution in [0.25, 0.3) is 0 Å². The van der Waals surface area contributed by atoms with Crippen molar-refractivity contribution < 1.29 is 18.7 Å². The highest BCUT2D eigenvalue weighted by Gasteiger charge is 2.30. The van der Waals surface area contributed by atoms with Crippen molar-refractivity contribution in [3.8, 4) is 0 Å². The van der Waals surface area contributed by atoms with E-state index in [1.54, 1.807) is 4.90 Å². The Bertz CT molecular complexity index is 1060. The Labute approximate surface area is 204 Å². The lowest BCUT2D eigenvalue weighted by Gasteiger charge is -2.39. The summed E-state index contributed by atoms with van der Waals surface area (Å²) in [5.74, 6) is 0.314. The predicted octanol–water partition coefficient (Wildman–Crippen LogP) is 3.43. The highest BCUT2D eigenvalue weighted by atomic mass is 35.5. The molecule has 2 amide bonds. The first-order valence-corrected chi connectivity index (χ1v) is 11.9. The van der Waals surface area contributed by atoms with E-state index in [1.165, 1.54) is 0 Å². The summed E-state index contributed by atoms with van der Waals surface area (Å²) in [5, 5.41) is 14.7. The van der Waals surface area contributed by atoms with Crippen LogP contribution < -0.4 is 10.6 Å². The maximum atomic E-state index is 12.3. The number of aromatic nitrogens is 2. The summed E-state index contributed by atoms with van der Waals surface area (Å²) >= 11 is 6.43. The molecule has 1 aromatic carbocycles. The summed E-state index contributed by atoms with van der Waals surface area (Å²) in [6.45, 7) is 11.1. The third-order valence-electron chi connectivity index (χ3n) is 6.17. The number of rotatable bonds is 6. The Morgan fingerprint density at radius 3 is 2.82 bits per heavy atom. The highest BCUT2D eigenvalue weighted by Crippen LogP contribution is 2.30. The molecule has 11 heteroatoms. The van der Waals surface area contributed by atoms with Gasteiger partial charge in [0.15, 0.2) is 0 Å². The molecule has 2 fully saturated rings. The molecule has 3 heterocycles. The molecule has 2 aromatic rings. The van der Waals surface area contributed by atoms with Crippen LogP contribution in [-0.2, 0) is 16.1 Å². The Morgan fingerprint density at radius 2 is 2.15 bits per heavy atom. The number of anilines is 2. The van der Waals surface area contributed by atoms with E-state index in [9.17, 15) is 9.59 Å². The number of ether oxygens (including phenoxy) is 1. The van der Waals surface area contributed by atoms with E-state index >= 15 is 0 Å². The van der Waals surface area contributed by atoms with E-state index in [0.29, 0.717) is 37.0 Å². The van der Waals surface area contributed by atoms with Gasteiger partial charge in [-0.05, 0) is 51.0 Å². The van der Waals surface area contributed by atoms with Gasteiger partial charge in [-0.15, -0.1) is 5.10 Å². The van der Waals surface area contributed by atoms with E-state index in [1.807, 2.05) is 39.8 Å². The summed E-state index contributed by atoms with van der Waals surface area (Å²) in [5.41, 5.74) is 2.88. The average molecular weight is 491 g/mol. The first-order chi connectivity index (χ1) is 16.2. The van der Waals surface area contributed by atoms with Gasteiger partial charge in [0.1, 0.15) is 0 Å². The topological polar surface area (TPSA) is 113 Å². The van der Waals surface area contributed by atoms with Crippen LogP contribution >= 0.6 is 11.6 Å². The minimum absolute atomic E-state index is 0.0139. The number of piperazine rings is 1. The molecule has 1 unspecified atom stereocenters. The number of carbonyl (C=O) groups excluding carboxylic acids is 2. The molecule has 2 aliphatic heterocycles. The Morgan fingerprint density at radius 1 is 1.35 bits per heavy atom. The van der Waals surface area contributed by atoms with E-state index in [4.69, 9.17) is 20.8 Å². The molecule has 0 aliphatic carbocycles. The van der Waals surface area contributed by atoms with Gasteiger partial charge in [-0.2, -0.15) is 0 Å². The number of halogens is 1. The first kappa shape index (κ1) is 24.3. The van der Waals surface area contributed by atoms with Crippen molar-refractivity contribution in [1.29, 1.82) is 0 Å². The number of nitrogens with one attached hydrogen (secondary N) is 2. The molecule has 0 radical (unpaired) electrons. The van der Waals surface area contributed by atoms with Gasteiger partial charge >= 0.3 is 12.1 Å². The van der Waals surface area contributed by atoms with Gasteiger partial charge in [0.25, 0.3) is 0 Å². The summed E-state index contributed by atoms with van der Waals surface area (Å²) in [7, 11) is 0. The van der Waals surface area contributed by atoms with Gasteiger partial charge in [0, 0.05) is 55.9 Å². The lowest BCUT2D eigenvalue weighted by molar-refractivity contribution is -0.119. The Balaban J connectivity index is 1.42. The first-order valence-electron chi connectivity index (χ1n) is 11.6.